The molecule has 0 spiro atoms. The monoisotopic (exact) mass is 412 g/mol. The molecule has 2 saturated carbocycles. The van der Waals surface area contributed by atoms with Gasteiger partial charge in [0, 0.05) is 5.92 Å². The summed E-state index contributed by atoms with van der Waals surface area (Å²) in [5.41, 5.74) is 1.62. The summed E-state index contributed by atoms with van der Waals surface area (Å²) < 4.78 is 25.9. The van der Waals surface area contributed by atoms with Gasteiger partial charge in [0.2, 0.25) is 5.91 Å². The van der Waals surface area contributed by atoms with E-state index in [1.54, 1.807) is 12.1 Å². The zero-order valence-corrected chi connectivity index (χ0v) is 15.6. The van der Waals surface area contributed by atoms with E-state index in [0.29, 0.717) is 0 Å². The second-order valence-electron chi connectivity index (χ2n) is 7.10. The molecule has 27 heavy (non-hydrogen) atoms. The van der Waals surface area contributed by atoms with Gasteiger partial charge in [-0.3, -0.25) is 9.59 Å². The zero-order chi connectivity index (χ0) is 20.2. The molecule has 5 atom stereocenters. The number of nitrogens with two attached hydrogens (primary N) is 1. The molecule has 0 radical (unpaired) electrons. The topological polar surface area (TPSA) is 159 Å². The number of nitrogens with zero attached hydrogens (tertiary/aromatic N) is 1. The van der Waals surface area contributed by atoms with E-state index in [4.69, 9.17) is 17.3 Å². The normalized spacial score (nSPS) is 35.4. The highest BCUT2D eigenvalue weighted by atomic mass is 35.5. The number of halogens is 1. The number of hydrogen-bond donors (Lipinski definition) is 3. The number of rotatable bonds is 5. The molecule has 0 aromatic heterocycles. The predicted octanol–water partition coefficient (Wildman–Crippen LogP) is 0.723. The van der Waals surface area contributed by atoms with Crippen LogP contribution in [0.25, 0.3) is 0 Å². The Morgan fingerprint density at radius 3 is 2.41 bits per heavy atom. The van der Waals surface area contributed by atoms with Crippen LogP contribution in [0.1, 0.15) is 19.3 Å². The highest BCUT2D eigenvalue weighted by molar-refractivity contribution is 7.92. The lowest BCUT2D eigenvalue weighted by atomic mass is 9.75. The number of benzene rings is 1. The summed E-state index contributed by atoms with van der Waals surface area (Å²) in [4.78, 5) is 23.6. The first-order chi connectivity index (χ1) is 12.5. The molecule has 0 saturated heterocycles. The van der Waals surface area contributed by atoms with Gasteiger partial charge in [-0.25, -0.2) is 8.42 Å². The van der Waals surface area contributed by atoms with Crippen LogP contribution in [0.15, 0.2) is 29.2 Å². The van der Waals surface area contributed by atoms with E-state index in [9.17, 15) is 33.5 Å². The maximum absolute atomic E-state index is 13.0. The number of primary amides is 1. The molecule has 2 fully saturated rings. The van der Waals surface area contributed by atoms with E-state index >= 15 is 0 Å². The van der Waals surface area contributed by atoms with Gasteiger partial charge in [-0.05, 0) is 31.4 Å². The molecule has 0 aliphatic heterocycles. The van der Waals surface area contributed by atoms with Crippen LogP contribution < -0.4 is 5.73 Å². The van der Waals surface area contributed by atoms with Crippen LogP contribution in [0, 0.1) is 28.1 Å². The second kappa shape index (κ2) is 6.19. The molecule has 1 aromatic rings. The van der Waals surface area contributed by atoms with Crippen molar-refractivity contribution in [2.45, 2.75) is 35.5 Å². The first kappa shape index (κ1) is 19.6. The van der Waals surface area contributed by atoms with Gasteiger partial charge in [0.05, 0.1) is 32.8 Å². The van der Waals surface area contributed by atoms with Gasteiger partial charge in [-0.2, -0.15) is 5.26 Å². The minimum atomic E-state index is -4.03. The van der Waals surface area contributed by atoms with Crippen LogP contribution in [-0.4, -0.2) is 41.9 Å². The van der Waals surface area contributed by atoms with Crippen molar-refractivity contribution in [3.05, 3.63) is 29.3 Å². The SMILES string of the molecule is N#CC1(C(N)=O)CC1[C@@]1(C(=O)O)C[C@@H](S(=O)(=O)c2ccccc2Cl)C[C@@H]1O. The largest absolute Gasteiger partial charge is 0.481 e. The molecule has 1 aromatic carbocycles. The number of carbonyl (C=O) groups is 2. The van der Waals surface area contributed by atoms with Gasteiger partial charge in [0.1, 0.15) is 5.41 Å². The summed E-state index contributed by atoms with van der Waals surface area (Å²) in [5, 5.41) is 28.5. The minimum Gasteiger partial charge on any atom is -0.481 e. The third-order valence-electron chi connectivity index (χ3n) is 5.85. The fourth-order valence-corrected chi connectivity index (χ4v) is 6.59. The van der Waals surface area contributed by atoms with Crippen molar-refractivity contribution >= 4 is 33.3 Å². The Bertz CT molecular complexity index is 974. The van der Waals surface area contributed by atoms with E-state index in [2.05, 4.69) is 0 Å². The number of aliphatic carboxylic acids is 1. The number of hydrogen-bond acceptors (Lipinski definition) is 6. The number of sulfone groups is 1. The van der Waals surface area contributed by atoms with Gasteiger partial charge in [-0.1, -0.05) is 23.7 Å². The van der Waals surface area contributed by atoms with Crippen LogP contribution >= 0.6 is 11.6 Å². The lowest BCUT2D eigenvalue weighted by molar-refractivity contribution is -0.157. The number of nitriles is 1. The standard InChI is InChI=1S/C17H17ClN2O6S/c18-10-3-1-2-4-11(10)27(25,26)9-5-13(21)17(6-9,15(23)24)12-7-16(12,8-19)14(20)22/h1-4,9,12-13,21H,5-7H2,(H2,20,22)(H,23,24)/t9-,12?,13-,16?,17-/m0/s1. The van der Waals surface area contributed by atoms with Crippen molar-refractivity contribution in [1.82, 2.24) is 0 Å². The van der Waals surface area contributed by atoms with Crippen molar-refractivity contribution in [3.8, 4) is 6.07 Å². The van der Waals surface area contributed by atoms with E-state index in [1.165, 1.54) is 18.2 Å². The Morgan fingerprint density at radius 1 is 1.30 bits per heavy atom. The van der Waals surface area contributed by atoms with Gasteiger partial charge < -0.3 is 15.9 Å². The van der Waals surface area contributed by atoms with Crippen molar-refractivity contribution < 1.29 is 28.2 Å². The highest BCUT2D eigenvalue weighted by Gasteiger charge is 2.75. The number of amides is 1. The maximum Gasteiger partial charge on any atom is 0.312 e. The number of aliphatic hydroxyl groups excluding tert-OH is 1. The highest BCUT2D eigenvalue weighted by Crippen LogP contribution is 2.66. The van der Waals surface area contributed by atoms with Gasteiger partial charge in [0.15, 0.2) is 9.84 Å². The lowest BCUT2D eigenvalue weighted by Gasteiger charge is -2.29. The number of aliphatic hydroxyl groups is 1. The van der Waals surface area contributed by atoms with Gasteiger partial charge >= 0.3 is 5.97 Å². The molecule has 4 N–H and O–H groups in total. The molecule has 3 rings (SSSR count). The van der Waals surface area contributed by atoms with Crippen LogP contribution in [0.4, 0.5) is 0 Å². The maximum atomic E-state index is 13.0. The zero-order valence-electron chi connectivity index (χ0n) is 14.0. The first-order valence-corrected chi connectivity index (χ1v) is 10.1. The fourth-order valence-electron chi connectivity index (χ4n) is 4.24. The molecule has 2 unspecified atom stereocenters. The molecule has 8 nitrogen and oxygen atoms in total. The fraction of sp³-hybridized carbons (Fsp3) is 0.471. The Balaban J connectivity index is 2.02. The van der Waals surface area contributed by atoms with Crippen molar-refractivity contribution in [1.29, 1.82) is 5.26 Å². The smallest absolute Gasteiger partial charge is 0.312 e. The molecular weight excluding hydrogens is 396 g/mol. The molecule has 2 aliphatic rings. The number of carbonyl (C=O) groups excluding carboxylic acids is 1. The average molecular weight is 413 g/mol. The molecule has 10 heteroatoms. The number of carboxylic acids is 1. The summed E-state index contributed by atoms with van der Waals surface area (Å²) in [7, 11) is -4.03. The molecule has 0 heterocycles. The third kappa shape index (κ3) is 2.63. The quantitative estimate of drug-likeness (QED) is 0.642. The van der Waals surface area contributed by atoms with Crippen LogP contribution in [-0.2, 0) is 19.4 Å². The van der Waals surface area contributed by atoms with Gasteiger partial charge in [0.25, 0.3) is 0 Å². The summed E-state index contributed by atoms with van der Waals surface area (Å²) in [6, 6.07) is 7.52. The molecule has 0 bridgehead atoms. The van der Waals surface area contributed by atoms with Crippen molar-refractivity contribution in [2.75, 3.05) is 0 Å². The minimum absolute atomic E-state index is 0.00487. The van der Waals surface area contributed by atoms with E-state index in [0.717, 1.165) is 0 Å². The molecule has 1 amide bonds. The second-order valence-corrected chi connectivity index (χ2v) is 9.71. The van der Waals surface area contributed by atoms with Gasteiger partial charge in [-0.15, -0.1) is 0 Å². The summed E-state index contributed by atoms with van der Waals surface area (Å²) in [6.45, 7) is 0. The number of carboxylic acid groups (broad SMARTS) is 1. The Kier molecular flexibility index (Phi) is 4.50. The predicted molar refractivity (Wildman–Crippen MR) is 93.1 cm³/mol. The third-order valence-corrected chi connectivity index (χ3v) is 8.50. The summed E-state index contributed by atoms with van der Waals surface area (Å²) in [5.74, 6) is -3.47. The van der Waals surface area contributed by atoms with Crippen LogP contribution in [0.2, 0.25) is 5.02 Å². The Hall–Kier alpha value is -2.15. The van der Waals surface area contributed by atoms with Crippen LogP contribution in [0.5, 0.6) is 0 Å². The molecule has 2 aliphatic carbocycles. The van der Waals surface area contributed by atoms with Crippen molar-refractivity contribution in [3.63, 3.8) is 0 Å². The van der Waals surface area contributed by atoms with Crippen LogP contribution in [0.3, 0.4) is 0 Å². The lowest BCUT2D eigenvalue weighted by Crippen LogP contribution is -2.44. The van der Waals surface area contributed by atoms with Crippen molar-refractivity contribution in [2.24, 2.45) is 22.5 Å². The first-order valence-electron chi connectivity index (χ1n) is 8.15. The van der Waals surface area contributed by atoms with E-state index in [1.807, 2.05) is 0 Å². The Labute approximate surface area is 160 Å². The summed E-state index contributed by atoms with van der Waals surface area (Å²) >= 11 is 5.98. The van der Waals surface area contributed by atoms with E-state index in [-0.39, 0.29) is 22.8 Å². The molecular formula is C17H17ClN2O6S. The Morgan fingerprint density at radius 2 is 1.93 bits per heavy atom. The molecule has 144 valence electrons. The average Bonchev–Trinajstić information content (AvgIpc) is 3.25. The van der Waals surface area contributed by atoms with E-state index < -0.39 is 56.2 Å². The summed E-state index contributed by atoms with van der Waals surface area (Å²) in [6.07, 6.45) is -2.44.